The summed E-state index contributed by atoms with van der Waals surface area (Å²) in [5.74, 6) is 0. The van der Waals surface area contributed by atoms with Gasteiger partial charge in [-0.3, -0.25) is 0 Å². The molecule has 2 nitrogen and oxygen atoms in total. The van der Waals surface area contributed by atoms with E-state index in [1.807, 2.05) is 0 Å². The van der Waals surface area contributed by atoms with Crippen LogP contribution >= 0.6 is 0 Å². The molecule has 68 valence electrons. The number of likely N-dealkylation sites (N-methyl/N-ethyl adjacent to an activating group) is 1. The highest BCUT2D eigenvalue weighted by atomic mass is 14.9. The highest BCUT2D eigenvalue weighted by Gasteiger charge is 1.91. The van der Waals surface area contributed by atoms with E-state index in [2.05, 4.69) is 24.5 Å². The maximum Gasteiger partial charge on any atom is 0.125 e. The molecule has 0 saturated heterocycles. The molecule has 0 aromatic heterocycles. The van der Waals surface area contributed by atoms with Crippen LogP contribution in [0, 0.1) is 0 Å². The van der Waals surface area contributed by atoms with Gasteiger partial charge in [0.1, 0.15) is 13.1 Å². The van der Waals surface area contributed by atoms with Gasteiger partial charge < -0.3 is 10.6 Å². The van der Waals surface area contributed by atoms with Crippen LogP contribution in [0.2, 0.25) is 0 Å². The molecule has 0 aromatic rings. The molecule has 0 heterocycles. The van der Waals surface area contributed by atoms with Gasteiger partial charge in [0.2, 0.25) is 0 Å². The van der Waals surface area contributed by atoms with Crippen molar-refractivity contribution in [1.82, 2.24) is 0 Å². The van der Waals surface area contributed by atoms with Crippen molar-refractivity contribution in [1.29, 1.82) is 0 Å². The van der Waals surface area contributed by atoms with Gasteiger partial charge in [0.15, 0.2) is 0 Å². The lowest BCUT2D eigenvalue weighted by Gasteiger charge is -1.99. The molecule has 4 N–H and O–H groups in total. The Balaban J connectivity index is 2.69. The largest absolute Gasteiger partial charge is 0.342 e. The summed E-state index contributed by atoms with van der Waals surface area (Å²) in [7, 11) is 0. The lowest BCUT2D eigenvalue weighted by atomic mass is 10.2. The van der Waals surface area contributed by atoms with Gasteiger partial charge in [-0.25, -0.2) is 0 Å². The summed E-state index contributed by atoms with van der Waals surface area (Å²) in [6.45, 7) is 9.58. The summed E-state index contributed by atoms with van der Waals surface area (Å²) in [5.41, 5.74) is 0. The van der Waals surface area contributed by atoms with Crippen LogP contribution in [0.5, 0.6) is 0 Å². The van der Waals surface area contributed by atoms with E-state index in [0.29, 0.717) is 0 Å². The first-order valence-electron chi connectivity index (χ1n) is 5.05. The molecule has 0 atom stereocenters. The van der Waals surface area contributed by atoms with Crippen LogP contribution in [-0.2, 0) is 0 Å². The number of hydrogen-bond acceptors (Lipinski definition) is 0. The Bertz CT molecular complexity index is 56.6. The first-order valence-corrected chi connectivity index (χ1v) is 5.05. The summed E-state index contributed by atoms with van der Waals surface area (Å²) >= 11 is 0. The van der Waals surface area contributed by atoms with E-state index >= 15 is 0 Å². The van der Waals surface area contributed by atoms with Gasteiger partial charge in [0, 0.05) is 0 Å². The van der Waals surface area contributed by atoms with Gasteiger partial charge in [-0.05, 0) is 19.8 Å². The van der Waals surface area contributed by atoms with Gasteiger partial charge in [0.25, 0.3) is 0 Å². The van der Waals surface area contributed by atoms with Gasteiger partial charge in [-0.2, -0.15) is 0 Å². The van der Waals surface area contributed by atoms with E-state index < -0.39 is 0 Å². The molecule has 0 aliphatic carbocycles. The molecule has 0 saturated carbocycles. The fourth-order valence-electron chi connectivity index (χ4n) is 1.12. The van der Waals surface area contributed by atoms with Crippen molar-refractivity contribution in [2.24, 2.45) is 0 Å². The van der Waals surface area contributed by atoms with Crippen LogP contribution in [0.3, 0.4) is 0 Å². The second-order valence-electron chi connectivity index (χ2n) is 3.06. The topological polar surface area (TPSA) is 33.2 Å². The molecule has 2 heteroatoms. The lowest BCUT2D eigenvalue weighted by molar-refractivity contribution is -0.722. The summed E-state index contributed by atoms with van der Waals surface area (Å²) in [6, 6.07) is 0. The van der Waals surface area contributed by atoms with E-state index in [1.165, 1.54) is 45.4 Å². The zero-order valence-electron chi connectivity index (χ0n) is 8.10. The van der Waals surface area contributed by atoms with Crippen LogP contribution in [0.4, 0.5) is 0 Å². The summed E-state index contributed by atoms with van der Waals surface area (Å²) in [4.78, 5) is 0. The first kappa shape index (κ1) is 10.9. The Morgan fingerprint density at radius 2 is 1.55 bits per heavy atom. The molecule has 0 aliphatic rings. The van der Waals surface area contributed by atoms with Gasteiger partial charge in [0.05, 0.1) is 13.1 Å². The quantitative estimate of drug-likeness (QED) is 0.441. The maximum atomic E-state index is 2.43. The molecule has 11 heavy (non-hydrogen) atoms. The zero-order chi connectivity index (χ0) is 8.36. The van der Waals surface area contributed by atoms with E-state index in [-0.39, 0.29) is 0 Å². The summed E-state index contributed by atoms with van der Waals surface area (Å²) < 4.78 is 0. The fraction of sp³-hybridized carbons (Fsp3) is 1.00. The minimum absolute atomic E-state index is 1.23. The predicted molar refractivity (Wildman–Crippen MR) is 48.5 cm³/mol. The molecule has 0 spiro atoms. The maximum absolute atomic E-state index is 2.43. The number of quaternary nitrogens is 2. The van der Waals surface area contributed by atoms with Crippen LogP contribution in [0.1, 0.15) is 33.1 Å². The minimum Gasteiger partial charge on any atom is -0.342 e. The van der Waals surface area contributed by atoms with Crippen molar-refractivity contribution in [2.75, 3.05) is 26.2 Å². The Morgan fingerprint density at radius 1 is 0.818 bits per heavy atom. The third kappa shape index (κ3) is 9.92. The van der Waals surface area contributed by atoms with E-state index in [1.54, 1.807) is 0 Å². The second-order valence-corrected chi connectivity index (χ2v) is 3.06. The monoisotopic (exact) mass is 160 g/mol. The molecular weight excluding hydrogens is 136 g/mol. The van der Waals surface area contributed by atoms with Crippen molar-refractivity contribution in [2.45, 2.75) is 33.1 Å². The molecule has 0 aromatic carbocycles. The molecule has 0 rings (SSSR count). The molecule has 0 radical (unpaired) electrons. The van der Waals surface area contributed by atoms with Gasteiger partial charge in [-0.15, -0.1) is 0 Å². The van der Waals surface area contributed by atoms with Crippen molar-refractivity contribution in [3.8, 4) is 0 Å². The Kier molecular flexibility index (Phi) is 9.85. The highest BCUT2D eigenvalue weighted by molar-refractivity contribution is 4.31. The molecule has 0 unspecified atom stereocenters. The van der Waals surface area contributed by atoms with E-state index in [0.717, 1.165) is 0 Å². The van der Waals surface area contributed by atoms with Crippen molar-refractivity contribution in [3.05, 3.63) is 0 Å². The summed E-state index contributed by atoms with van der Waals surface area (Å²) in [5, 5.41) is 4.79. The average Bonchev–Trinajstić information content (AvgIpc) is 2.03. The van der Waals surface area contributed by atoms with Crippen LogP contribution in [0.15, 0.2) is 0 Å². The molecule has 0 bridgehead atoms. The fourth-order valence-corrected chi connectivity index (χ4v) is 1.12. The predicted octanol–water partition coefficient (Wildman–Crippen LogP) is -0.677. The lowest BCUT2D eigenvalue weighted by Crippen LogP contribution is -2.94. The van der Waals surface area contributed by atoms with Crippen molar-refractivity contribution in [3.63, 3.8) is 0 Å². The van der Waals surface area contributed by atoms with Crippen LogP contribution < -0.4 is 10.6 Å². The van der Waals surface area contributed by atoms with Gasteiger partial charge in [-0.1, -0.05) is 13.3 Å². The SMILES string of the molecule is CCCCC[NH2+]CC[NH2+]CC. The average molecular weight is 160 g/mol. The summed E-state index contributed by atoms with van der Waals surface area (Å²) in [6.07, 6.45) is 4.13. The molecule has 0 aliphatic heterocycles. The normalized spacial score (nSPS) is 10.4. The van der Waals surface area contributed by atoms with E-state index in [4.69, 9.17) is 0 Å². The third-order valence-corrected chi connectivity index (χ3v) is 1.88. The zero-order valence-corrected chi connectivity index (χ0v) is 8.10. The Hall–Kier alpha value is -0.0800. The first-order chi connectivity index (χ1) is 5.41. The number of unbranched alkanes of at least 4 members (excludes halogenated alkanes) is 2. The third-order valence-electron chi connectivity index (χ3n) is 1.88. The molecule has 0 fully saturated rings. The number of rotatable bonds is 8. The number of nitrogens with two attached hydrogens (primary N) is 2. The van der Waals surface area contributed by atoms with E-state index in [9.17, 15) is 0 Å². The molecular formula is C9H24N2+2. The minimum atomic E-state index is 1.23. The smallest absolute Gasteiger partial charge is 0.125 e. The van der Waals surface area contributed by atoms with Crippen LogP contribution in [0.25, 0.3) is 0 Å². The van der Waals surface area contributed by atoms with Gasteiger partial charge >= 0.3 is 0 Å². The van der Waals surface area contributed by atoms with Crippen LogP contribution in [-0.4, -0.2) is 26.2 Å². The Morgan fingerprint density at radius 3 is 2.18 bits per heavy atom. The second kappa shape index (κ2) is 9.92. The number of hydrogen-bond donors (Lipinski definition) is 2. The van der Waals surface area contributed by atoms with Crippen molar-refractivity contribution < 1.29 is 10.6 Å². The Labute approximate surface area is 70.8 Å². The standard InChI is InChI=1S/C9H22N2/c1-3-5-6-7-11-9-8-10-4-2/h10-11H,3-9H2,1-2H3/p+2. The molecule has 0 amide bonds. The van der Waals surface area contributed by atoms with Crippen molar-refractivity contribution >= 4 is 0 Å². The highest BCUT2D eigenvalue weighted by Crippen LogP contribution is 1.88.